The number of likely N-dealkylation sites (tertiary alicyclic amines) is 1. The molecule has 3 aromatic heterocycles. The fourth-order valence-corrected chi connectivity index (χ4v) is 5.09. The van der Waals surface area contributed by atoms with Crippen LogP contribution in [-0.4, -0.2) is 77.1 Å². The zero-order chi connectivity index (χ0) is 24.4. The van der Waals surface area contributed by atoms with Gasteiger partial charge < -0.3 is 25.2 Å². The van der Waals surface area contributed by atoms with Crippen molar-refractivity contribution < 1.29 is 4.74 Å². The number of hydrogen-bond acceptors (Lipinski definition) is 9. The van der Waals surface area contributed by atoms with Gasteiger partial charge in [-0.2, -0.15) is 10.1 Å². The Morgan fingerprint density at radius 3 is 2.77 bits per heavy atom. The summed E-state index contributed by atoms with van der Waals surface area (Å²) in [5.41, 5.74) is 2.71. The lowest BCUT2D eigenvalue weighted by Gasteiger charge is -2.28. The quantitative estimate of drug-likeness (QED) is 0.508. The standard InChI is InChI=1S/C25H35N9O/c1-25(17-35-4)16-33(22-7-5-6-18(29-22)12-26-2)23-21(25)14-27-24(31-23)30-19-13-28-34(15-19)20-8-10-32(3)11-9-20/h5-7,13-15,20,26H,8-12,16-17H2,1-4H3,(H,27,30,31)/t25-/m0/s1. The number of anilines is 4. The van der Waals surface area contributed by atoms with Gasteiger partial charge in [0.1, 0.15) is 11.6 Å². The first-order valence-corrected chi connectivity index (χ1v) is 12.2. The highest BCUT2D eigenvalue weighted by Crippen LogP contribution is 2.43. The number of rotatable bonds is 8. The molecule has 10 heteroatoms. The first-order valence-electron chi connectivity index (χ1n) is 12.2. The van der Waals surface area contributed by atoms with Crippen molar-refractivity contribution in [2.75, 3.05) is 57.7 Å². The van der Waals surface area contributed by atoms with Crippen molar-refractivity contribution >= 4 is 23.3 Å². The van der Waals surface area contributed by atoms with E-state index in [1.165, 1.54) is 0 Å². The van der Waals surface area contributed by atoms with E-state index in [1.54, 1.807) is 7.11 Å². The van der Waals surface area contributed by atoms with E-state index < -0.39 is 0 Å². The number of nitrogens with zero attached hydrogens (tertiary/aromatic N) is 7. The molecule has 1 fully saturated rings. The first kappa shape index (κ1) is 23.7. The van der Waals surface area contributed by atoms with Crippen molar-refractivity contribution in [3.63, 3.8) is 0 Å². The molecule has 0 bridgehead atoms. The van der Waals surface area contributed by atoms with Crippen molar-refractivity contribution in [3.05, 3.63) is 48.0 Å². The van der Waals surface area contributed by atoms with Gasteiger partial charge in [0.05, 0.1) is 30.2 Å². The molecule has 10 nitrogen and oxygen atoms in total. The highest BCUT2D eigenvalue weighted by atomic mass is 16.5. The minimum atomic E-state index is -0.234. The molecule has 0 amide bonds. The summed E-state index contributed by atoms with van der Waals surface area (Å²) >= 11 is 0. The first-order chi connectivity index (χ1) is 17.0. The average molecular weight is 478 g/mol. The third-order valence-electron chi connectivity index (χ3n) is 6.99. The van der Waals surface area contributed by atoms with Gasteiger partial charge in [0.25, 0.3) is 0 Å². The van der Waals surface area contributed by atoms with Gasteiger partial charge in [0.15, 0.2) is 0 Å². The molecule has 0 spiro atoms. The summed E-state index contributed by atoms with van der Waals surface area (Å²) in [5, 5.41) is 11.1. The summed E-state index contributed by atoms with van der Waals surface area (Å²) in [5.74, 6) is 2.28. The molecule has 3 aromatic rings. The van der Waals surface area contributed by atoms with Gasteiger partial charge in [0.2, 0.25) is 5.95 Å². The predicted octanol–water partition coefficient (Wildman–Crippen LogP) is 2.85. The van der Waals surface area contributed by atoms with E-state index in [-0.39, 0.29) is 5.41 Å². The third kappa shape index (κ3) is 4.86. The van der Waals surface area contributed by atoms with Crippen LogP contribution in [0.1, 0.15) is 37.1 Å². The summed E-state index contributed by atoms with van der Waals surface area (Å²) in [6.07, 6.45) is 8.05. The molecular formula is C25H35N9O. The number of piperidine rings is 1. The fraction of sp³-hybridized carbons (Fsp3) is 0.520. The number of hydrogen-bond donors (Lipinski definition) is 2. The van der Waals surface area contributed by atoms with Gasteiger partial charge in [-0.25, -0.2) is 9.97 Å². The van der Waals surface area contributed by atoms with Gasteiger partial charge in [-0.15, -0.1) is 0 Å². The van der Waals surface area contributed by atoms with Crippen molar-refractivity contribution in [1.29, 1.82) is 0 Å². The molecule has 0 aliphatic carbocycles. The third-order valence-corrected chi connectivity index (χ3v) is 6.99. The minimum absolute atomic E-state index is 0.234. The molecule has 5 rings (SSSR count). The van der Waals surface area contributed by atoms with Gasteiger partial charge in [-0.3, -0.25) is 4.68 Å². The van der Waals surface area contributed by atoms with Crippen LogP contribution >= 0.6 is 0 Å². The molecular weight excluding hydrogens is 442 g/mol. The monoisotopic (exact) mass is 477 g/mol. The highest BCUT2D eigenvalue weighted by Gasteiger charge is 2.42. The van der Waals surface area contributed by atoms with Crippen molar-refractivity contribution in [3.8, 4) is 0 Å². The van der Waals surface area contributed by atoms with Crippen LogP contribution in [-0.2, 0) is 16.7 Å². The summed E-state index contributed by atoms with van der Waals surface area (Å²) in [6.45, 7) is 6.39. The van der Waals surface area contributed by atoms with Crippen LogP contribution in [0, 0.1) is 0 Å². The molecule has 2 aliphatic heterocycles. The number of ether oxygens (including phenoxy) is 1. The second-order valence-electron chi connectivity index (χ2n) is 9.90. The van der Waals surface area contributed by atoms with Crippen LogP contribution in [0.15, 0.2) is 36.8 Å². The summed E-state index contributed by atoms with van der Waals surface area (Å²) < 4.78 is 7.65. The van der Waals surface area contributed by atoms with Crippen LogP contribution in [0.2, 0.25) is 0 Å². The van der Waals surface area contributed by atoms with E-state index >= 15 is 0 Å². The fourth-order valence-electron chi connectivity index (χ4n) is 5.09. The highest BCUT2D eigenvalue weighted by molar-refractivity contribution is 5.68. The van der Waals surface area contributed by atoms with Gasteiger partial charge in [-0.1, -0.05) is 13.0 Å². The SMILES string of the molecule is CNCc1cccc(N2C[C@@](C)(COC)c3cnc(Nc4cnn(C5CCN(C)CC5)c4)nc32)n1. The van der Waals surface area contributed by atoms with E-state index in [4.69, 9.17) is 14.7 Å². The zero-order valence-electron chi connectivity index (χ0n) is 21.0. The molecule has 0 saturated carbocycles. The summed E-state index contributed by atoms with van der Waals surface area (Å²) in [7, 11) is 5.83. The van der Waals surface area contributed by atoms with E-state index in [0.29, 0.717) is 25.1 Å². The Morgan fingerprint density at radius 2 is 2.00 bits per heavy atom. The Morgan fingerprint density at radius 1 is 1.17 bits per heavy atom. The van der Waals surface area contributed by atoms with Crippen LogP contribution in [0.5, 0.6) is 0 Å². The van der Waals surface area contributed by atoms with Crippen LogP contribution in [0.3, 0.4) is 0 Å². The molecule has 2 aliphatic rings. The van der Waals surface area contributed by atoms with Crippen LogP contribution in [0.25, 0.3) is 0 Å². The second kappa shape index (κ2) is 9.88. The number of pyridine rings is 1. The Bertz CT molecular complexity index is 1160. The number of methoxy groups -OCH3 is 1. The van der Waals surface area contributed by atoms with Gasteiger partial charge >= 0.3 is 0 Å². The molecule has 5 heterocycles. The number of nitrogens with one attached hydrogen (secondary N) is 2. The Hall–Kier alpha value is -3.08. The average Bonchev–Trinajstić information content (AvgIpc) is 3.43. The van der Waals surface area contributed by atoms with Crippen molar-refractivity contribution in [2.24, 2.45) is 0 Å². The molecule has 2 N–H and O–H groups in total. The van der Waals surface area contributed by atoms with Gasteiger partial charge in [0, 0.05) is 43.6 Å². The summed E-state index contributed by atoms with van der Waals surface area (Å²) in [6, 6.07) is 6.53. The molecule has 0 radical (unpaired) electrons. The number of fused-ring (bicyclic) bond motifs is 1. The number of aromatic nitrogens is 5. The Balaban J connectivity index is 1.41. The maximum atomic E-state index is 5.58. The van der Waals surface area contributed by atoms with Crippen LogP contribution in [0.4, 0.5) is 23.3 Å². The van der Waals surface area contributed by atoms with Crippen molar-refractivity contribution in [2.45, 2.75) is 37.8 Å². The largest absolute Gasteiger partial charge is 0.384 e. The lowest BCUT2D eigenvalue weighted by Crippen LogP contribution is -2.33. The lowest BCUT2D eigenvalue weighted by molar-refractivity contribution is 0.145. The van der Waals surface area contributed by atoms with E-state index in [0.717, 1.165) is 61.1 Å². The molecule has 0 aromatic carbocycles. The molecule has 186 valence electrons. The second-order valence-corrected chi connectivity index (χ2v) is 9.90. The Labute approximate surface area is 206 Å². The smallest absolute Gasteiger partial charge is 0.229 e. The predicted molar refractivity (Wildman–Crippen MR) is 137 cm³/mol. The van der Waals surface area contributed by atoms with Gasteiger partial charge in [-0.05, 0) is 52.2 Å². The topological polar surface area (TPSA) is 96.3 Å². The molecule has 1 saturated heterocycles. The van der Waals surface area contributed by atoms with E-state index in [1.807, 2.05) is 37.6 Å². The van der Waals surface area contributed by atoms with E-state index in [9.17, 15) is 0 Å². The molecule has 35 heavy (non-hydrogen) atoms. The van der Waals surface area contributed by atoms with Crippen molar-refractivity contribution in [1.82, 2.24) is 34.9 Å². The summed E-state index contributed by atoms with van der Waals surface area (Å²) in [4.78, 5) is 19.0. The maximum absolute atomic E-state index is 5.58. The van der Waals surface area contributed by atoms with Crippen LogP contribution < -0.4 is 15.5 Å². The lowest BCUT2D eigenvalue weighted by atomic mass is 9.87. The minimum Gasteiger partial charge on any atom is -0.384 e. The Kier molecular flexibility index (Phi) is 6.68. The molecule has 0 unspecified atom stereocenters. The zero-order valence-corrected chi connectivity index (χ0v) is 21.0. The normalized spacial score (nSPS) is 20.9. The maximum Gasteiger partial charge on any atom is 0.229 e. The molecule has 1 atom stereocenters. The van der Waals surface area contributed by atoms with E-state index in [2.05, 4.69) is 55.4 Å².